The first kappa shape index (κ1) is 20.8. The maximum Gasteiger partial charge on any atom is 0.280 e. The normalized spacial score (nSPS) is 22.2. The molecule has 5 rings (SSSR count). The van der Waals surface area contributed by atoms with Crippen molar-refractivity contribution in [2.24, 2.45) is 0 Å². The summed E-state index contributed by atoms with van der Waals surface area (Å²) in [5, 5.41) is 2.60. The molecular weight excluding hydrogens is 418 g/mol. The molecule has 168 valence electrons. The van der Waals surface area contributed by atoms with Crippen LogP contribution in [-0.4, -0.2) is 39.1 Å². The molecule has 2 atom stereocenters. The minimum atomic E-state index is -2.72. The largest absolute Gasteiger partial charge is 0.490 e. The van der Waals surface area contributed by atoms with E-state index in [1.165, 1.54) is 18.2 Å². The number of fused-ring (bicyclic) bond motifs is 3. The number of nitrogens with one attached hydrogen (secondary N) is 1. The predicted octanol–water partition coefficient (Wildman–Crippen LogP) is 4.53. The molecule has 3 aromatic heterocycles. The Kier molecular flexibility index (Phi) is 5.08. The van der Waals surface area contributed by atoms with Gasteiger partial charge in [0.2, 0.25) is 0 Å². The van der Waals surface area contributed by atoms with Crippen LogP contribution in [0.2, 0.25) is 0 Å². The van der Waals surface area contributed by atoms with E-state index in [9.17, 15) is 13.6 Å². The maximum absolute atomic E-state index is 13.1. The van der Waals surface area contributed by atoms with E-state index >= 15 is 0 Å². The number of imidazole rings is 1. The van der Waals surface area contributed by atoms with Crippen LogP contribution in [0.25, 0.3) is 5.65 Å². The average Bonchev–Trinajstić information content (AvgIpc) is 3.47. The van der Waals surface area contributed by atoms with Gasteiger partial charge in [0.05, 0.1) is 30.1 Å². The van der Waals surface area contributed by atoms with Gasteiger partial charge in [-0.3, -0.25) is 4.79 Å². The Morgan fingerprint density at radius 3 is 2.81 bits per heavy atom. The van der Waals surface area contributed by atoms with Crippen molar-refractivity contribution in [1.82, 2.24) is 14.4 Å². The summed E-state index contributed by atoms with van der Waals surface area (Å²) in [6, 6.07) is 5.85. The van der Waals surface area contributed by atoms with E-state index in [-0.39, 0.29) is 22.9 Å². The summed E-state index contributed by atoms with van der Waals surface area (Å²) in [6.45, 7) is 4.39. The first-order chi connectivity index (χ1) is 15.3. The zero-order valence-electron chi connectivity index (χ0n) is 17.8. The molecule has 2 fully saturated rings. The minimum Gasteiger partial charge on any atom is -0.490 e. The fourth-order valence-electron chi connectivity index (χ4n) is 4.55. The standard InChI is InChI=1S/C23H24F2N4O3/c1-13(2)32-17-8-20-27-18(23-7-6-14(9-23)31-12-23)11-29(20)10-15(17)22(30)28-19-5-3-4-16(26-19)21(24)25/h3-5,8,10-11,13-14,21H,6-7,9,12H2,1-2H3,(H,26,28,30)/t14-,23-/m0/s1. The molecule has 7 nitrogen and oxygen atoms in total. The van der Waals surface area contributed by atoms with Crippen LogP contribution in [0, 0.1) is 0 Å². The van der Waals surface area contributed by atoms with E-state index in [1.54, 1.807) is 16.7 Å². The van der Waals surface area contributed by atoms with Crippen LogP contribution in [0.1, 0.15) is 61.3 Å². The highest BCUT2D eigenvalue weighted by atomic mass is 19.3. The highest BCUT2D eigenvalue weighted by Crippen LogP contribution is 2.47. The molecule has 0 aromatic carbocycles. The molecule has 1 aliphatic heterocycles. The number of hydrogen-bond acceptors (Lipinski definition) is 5. The third-order valence-electron chi connectivity index (χ3n) is 6.10. The van der Waals surface area contributed by atoms with Gasteiger partial charge in [-0.25, -0.2) is 18.7 Å². The second-order valence-electron chi connectivity index (χ2n) is 8.77. The number of amides is 1. The number of alkyl halides is 2. The molecular formula is C23H24F2N4O3. The Morgan fingerprint density at radius 2 is 2.16 bits per heavy atom. The van der Waals surface area contributed by atoms with Crippen LogP contribution in [0.3, 0.4) is 0 Å². The van der Waals surface area contributed by atoms with Crippen molar-refractivity contribution in [1.29, 1.82) is 0 Å². The number of rotatable bonds is 6. The van der Waals surface area contributed by atoms with Crippen LogP contribution in [0.15, 0.2) is 36.7 Å². The van der Waals surface area contributed by atoms with E-state index in [1.807, 2.05) is 20.0 Å². The molecule has 9 heteroatoms. The Morgan fingerprint density at radius 1 is 1.31 bits per heavy atom. The lowest BCUT2D eigenvalue weighted by Crippen LogP contribution is -2.25. The van der Waals surface area contributed by atoms with Gasteiger partial charge in [0.1, 0.15) is 22.9 Å². The molecule has 1 N–H and O–H groups in total. The molecule has 0 radical (unpaired) electrons. The lowest BCUT2D eigenvalue weighted by Gasteiger charge is -2.22. The smallest absolute Gasteiger partial charge is 0.280 e. The van der Waals surface area contributed by atoms with Gasteiger partial charge in [0.25, 0.3) is 12.3 Å². The van der Waals surface area contributed by atoms with E-state index in [2.05, 4.69) is 10.3 Å². The molecule has 1 saturated heterocycles. The fourth-order valence-corrected chi connectivity index (χ4v) is 4.55. The summed E-state index contributed by atoms with van der Waals surface area (Å²) >= 11 is 0. The lowest BCUT2D eigenvalue weighted by molar-refractivity contribution is 0.0692. The van der Waals surface area contributed by atoms with E-state index in [0.29, 0.717) is 24.1 Å². The van der Waals surface area contributed by atoms with Crippen LogP contribution in [0.4, 0.5) is 14.6 Å². The zero-order chi connectivity index (χ0) is 22.5. The van der Waals surface area contributed by atoms with Crippen molar-refractivity contribution >= 4 is 17.4 Å². The zero-order valence-corrected chi connectivity index (χ0v) is 17.8. The number of carbonyl (C=O) groups excluding carboxylic acids is 1. The number of pyridine rings is 2. The number of hydrogen-bond donors (Lipinski definition) is 1. The van der Waals surface area contributed by atoms with Crippen molar-refractivity contribution in [3.63, 3.8) is 0 Å². The van der Waals surface area contributed by atoms with Crippen molar-refractivity contribution in [2.75, 3.05) is 11.9 Å². The number of halogens is 2. The van der Waals surface area contributed by atoms with Gasteiger partial charge in [-0.2, -0.15) is 0 Å². The predicted molar refractivity (Wildman–Crippen MR) is 113 cm³/mol. The molecule has 4 heterocycles. The summed E-state index contributed by atoms with van der Waals surface area (Å²) in [7, 11) is 0. The minimum absolute atomic E-state index is 0.0497. The number of nitrogens with zero attached hydrogens (tertiary/aromatic N) is 3. The van der Waals surface area contributed by atoms with Gasteiger partial charge < -0.3 is 19.2 Å². The third-order valence-corrected chi connectivity index (χ3v) is 6.10. The molecule has 1 saturated carbocycles. The molecule has 2 bridgehead atoms. The van der Waals surface area contributed by atoms with E-state index < -0.39 is 18.0 Å². The molecule has 0 unspecified atom stereocenters. The highest BCUT2D eigenvalue weighted by molar-refractivity contribution is 6.05. The average molecular weight is 442 g/mol. The van der Waals surface area contributed by atoms with Crippen molar-refractivity contribution < 1.29 is 23.0 Å². The van der Waals surface area contributed by atoms with Gasteiger partial charge >= 0.3 is 0 Å². The number of anilines is 1. The van der Waals surface area contributed by atoms with Crippen LogP contribution < -0.4 is 10.1 Å². The van der Waals surface area contributed by atoms with E-state index in [0.717, 1.165) is 25.0 Å². The maximum atomic E-state index is 13.1. The van der Waals surface area contributed by atoms with Gasteiger partial charge in [0, 0.05) is 23.9 Å². The molecule has 0 spiro atoms. The van der Waals surface area contributed by atoms with E-state index in [4.69, 9.17) is 14.5 Å². The summed E-state index contributed by atoms with van der Waals surface area (Å²) in [5.41, 5.74) is 1.43. The topological polar surface area (TPSA) is 77.8 Å². The second kappa shape index (κ2) is 7.81. The van der Waals surface area contributed by atoms with Gasteiger partial charge in [-0.15, -0.1) is 0 Å². The first-order valence-corrected chi connectivity index (χ1v) is 10.7. The van der Waals surface area contributed by atoms with Crippen molar-refractivity contribution in [2.45, 2.75) is 57.2 Å². The van der Waals surface area contributed by atoms with Crippen molar-refractivity contribution in [3.05, 3.63) is 53.6 Å². The monoisotopic (exact) mass is 442 g/mol. The molecule has 2 aliphatic rings. The number of ether oxygens (including phenoxy) is 2. The van der Waals surface area contributed by atoms with Crippen LogP contribution >= 0.6 is 0 Å². The van der Waals surface area contributed by atoms with Gasteiger partial charge in [0.15, 0.2) is 0 Å². The van der Waals surface area contributed by atoms with Crippen molar-refractivity contribution in [3.8, 4) is 5.75 Å². The van der Waals surface area contributed by atoms with Crippen LogP contribution in [0.5, 0.6) is 5.75 Å². The Hall–Kier alpha value is -3.07. The number of carbonyl (C=O) groups is 1. The summed E-state index contributed by atoms with van der Waals surface area (Å²) < 4.78 is 39.5. The summed E-state index contributed by atoms with van der Waals surface area (Å²) in [4.78, 5) is 21.7. The summed E-state index contributed by atoms with van der Waals surface area (Å²) in [5.74, 6) is -0.0784. The second-order valence-corrected chi connectivity index (χ2v) is 8.77. The third kappa shape index (κ3) is 3.70. The molecule has 3 aromatic rings. The van der Waals surface area contributed by atoms with Crippen LogP contribution in [-0.2, 0) is 10.2 Å². The SMILES string of the molecule is CC(C)Oc1cc2nc([C@@]34CC[C@@H](C3)OC4)cn2cc1C(=O)Nc1cccc(C(F)F)n1. The van der Waals surface area contributed by atoms with Gasteiger partial charge in [-0.05, 0) is 45.2 Å². The first-order valence-electron chi connectivity index (χ1n) is 10.7. The molecule has 1 aliphatic carbocycles. The Balaban J connectivity index is 1.50. The summed E-state index contributed by atoms with van der Waals surface area (Å²) in [6.07, 6.45) is 4.05. The Bertz CT molecular complexity index is 1170. The molecule has 32 heavy (non-hydrogen) atoms. The Labute approximate surface area is 183 Å². The molecule has 1 amide bonds. The highest BCUT2D eigenvalue weighted by Gasteiger charge is 2.48. The lowest BCUT2D eigenvalue weighted by atomic mass is 9.85. The van der Waals surface area contributed by atoms with Gasteiger partial charge in [-0.1, -0.05) is 6.07 Å². The quantitative estimate of drug-likeness (QED) is 0.607. The fraction of sp³-hybridized carbons (Fsp3) is 0.435. The number of aromatic nitrogens is 3.